The predicted octanol–water partition coefficient (Wildman–Crippen LogP) is 4.77. The normalized spacial score (nSPS) is 17.5. The Morgan fingerprint density at radius 1 is 1.19 bits per heavy atom. The Morgan fingerprint density at radius 3 is 2.54 bits per heavy atom. The average molecular weight is 354 g/mol. The highest BCUT2D eigenvalue weighted by molar-refractivity contribution is 5.93. The maximum Gasteiger partial charge on any atom is 0.342 e. The summed E-state index contributed by atoms with van der Waals surface area (Å²) in [5.41, 5.74) is 1.51. The number of rotatable bonds is 5. The van der Waals surface area contributed by atoms with Gasteiger partial charge < -0.3 is 14.6 Å². The van der Waals surface area contributed by atoms with Crippen LogP contribution in [-0.2, 0) is 15.1 Å². The first-order valence-corrected chi connectivity index (χ1v) is 9.25. The van der Waals surface area contributed by atoms with Crippen molar-refractivity contribution in [3.05, 3.63) is 65.2 Å². The second-order valence-corrected chi connectivity index (χ2v) is 6.95. The molecule has 0 aromatic heterocycles. The number of ether oxygens (including phenoxy) is 2. The zero-order valence-corrected chi connectivity index (χ0v) is 15.4. The number of aromatic hydroxyl groups is 1. The largest absolute Gasteiger partial charge is 0.507 e. The van der Waals surface area contributed by atoms with E-state index in [4.69, 9.17) is 9.47 Å². The zero-order chi connectivity index (χ0) is 18.6. The van der Waals surface area contributed by atoms with E-state index in [9.17, 15) is 9.90 Å². The van der Waals surface area contributed by atoms with Crippen molar-refractivity contribution in [3.63, 3.8) is 0 Å². The van der Waals surface area contributed by atoms with E-state index >= 15 is 0 Å². The van der Waals surface area contributed by atoms with Crippen LogP contribution in [0.2, 0.25) is 0 Å². The first kappa shape index (κ1) is 18.5. The van der Waals surface area contributed by atoms with Crippen LogP contribution in [-0.4, -0.2) is 24.3 Å². The summed E-state index contributed by atoms with van der Waals surface area (Å²) >= 11 is 0. The van der Waals surface area contributed by atoms with Gasteiger partial charge in [-0.05, 0) is 35.6 Å². The van der Waals surface area contributed by atoms with Crippen molar-refractivity contribution in [1.29, 1.82) is 0 Å². The van der Waals surface area contributed by atoms with Crippen molar-refractivity contribution in [2.75, 3.05) is 13.2 Å². The molecule has 1 atom stereocenters. The number of hydrogen-bond acceptors (Lipinski definition) is 4. The van der Waals surface area contributed by atoms with Gasteiger partial charge in [0.15, 0.2) is 0 Å². The van der Waals surface area contributed by atoms with Crippen molar-refractivity contribution in [3.8, 4) is 5.75 Å². The third kappa shape index (κ3) is 3.75. The van der Waals surface area contributed by atoms with Gasteiger partial charge in [-0.3, -0.25) is 0 Å². The number of phenols is 1. The van der Waals surface area contributed by atoms with Gasteiger partial charge in [0.05, 0.1) is 13.2 Å². The highest BCUT2D eigenvalue weighted by atomic mass is 16.6. The molecule has 0 bridgehead atoms. The molecule has 2 aromatic carbocycles. The number of phenolic OH excluding ortho intramolecular Hbond substituents is 1. The molecule has 0 spiro atoms. The Bertz CT molecular complexity index is 748. The zero-order valence-electron chi connectivity index (χ0n) is 15.4. The van der Waals surface area contributed by atoms with Gasteiger partial charge in [0.25, 0.3) is 0 Å². The van der Waals surface area contributed by atoms with Crippen LogP contribution >= 0.6 is 0 Å². The van der Waals surface area contributed by atoms with Crippen LogP contribution in [0.5, 0.6) is 5.75 Å². The number of esters is 1. The van der Waals surface area contributed by atoms with E-state index in [2.05, 4.69) is 13.8 Å². The van der Waals surface area contributed by atoms with Crippen LogP contribution in [0.15, 0.2) is 48.5 Å². The molecule has 1 aliphatic rings. The summed E-state index contributed by atoms with van der Waals surface area (Å²) in [7, 11) is 0. The third-order valence-electron chi connectivity index (χ3n) is 5.31. The van der Waals surface area contributed by atoms with Gasteiger partial charge in [0.1, 0.15) is 16.9 Å². The Morgan fingerprint density at radius 2 is 1.88 bits per heavy atom. The molecule has 1 heterocycles. The molecule has 1 saturated heterocycles. The van der Waals surface area contributed by atoms with Gasteiger partial charge in [-0.2, -0.15) is 0 Å². The van der Waals surface area contributed by atoms with Crippen LogP contribution in [0.3, 0.4) is 0 Å². The maximum absolute atomic E-state index is 13.0. The Kier molecular flexibility index (Phi) is 5.62. The van der Waals surface area contributed by atoms with Crippen LogP contribution in [0, 0.1) is 0 Å². The molecule has 0 saturated carbocycles. The van der Waals surface area contributed by atoms with E-state index in [0.29, 0.717) is 32.0 Å². The van der Waals surface area contributed by atoms with Crippen molar-refractivity contribution < 1.29 is 19.4 Å². The van der Waals surface area contributed by atoms with E-state index in [0.717, 1.165) is 17.5 Å². The van der Waals surface area contributed by atoms with Crippen molar-refractivity contribution in [1.82, 2.24) is 0 Å². The second kappa shape index (κ2) is 7.92. The molecule has 26 heavy (non-hydrogen) atoms. The van der Waals surface area contributed by atoms with Crippen LogP contribution in [0.1, 0.15) is 60.5 Å². The van der Waals surface area contributed by atoms with Crippen LogP contribution in [0.25, 0.3) is 0 Å². The smallest absolute Gasteiger partial charge is 0.342 e. The minimum Gasteiger partial charge on any atom is -0.507 e. The lowest BCUT2D eigenvalue weighted by molar-refractivity contribution is -0.0839. The number of carbonyl (C=O) groups is 1. The Hall–Kier alpha value is -2.33. The predicted molar refractivity (Wildman–Crippen MR) is 100 cm³/mol. The minimum atomic E-state index is -0.713. The monoisotopic (exact) mass is 354 g/mol. The van der Waals surface area contributed by atoms with E-state index in [1.54, 1.807) is 12.1 Å². The molecule has 1 N–H and O–H groups in total. The summed E-state index contributed by atoms with van der Waals surface area (Å²) in [5.74, 6) is -0.218. The van der Waals surface area contributed by atoms with Gasteiger partial charge >= 0.3 is 5.97 Å². The first-order chi connectivity index (χ1) is 12.6. The average Bonchev–Trinajstić information content (AvgIpc) is 2.69. The molecule has 3 rings (SSSR count). The molecule has 138 valence electrons. The topological polar surface area (TPSA) is 55.8 Å². The molecular weight excluding hydrogens is 328 g/mol. The fourth-order valence-corrected chi connectivity index (χ4v) is 3.38. The van der Waals surface area contributed by atoms with E-state index in [1.807, 2.05) is 36.4 Å². The number of benzene rings is 2. The summed E-state index contributed by atoms with van der Waals surface area (Å²) in [6.07, 6.45) is 2.17. The van der Waals surface area contributed by atoms with Crippen molar-refractivity contribution in [2.45, 2.75) is 44.6 Å². The molecule has 0 radical (unpaired) electrons. The van der Waals surface area contributed by atoms with E-state index in [-0.39, 0.29) is 11.3 Å². The lowest BCUT2D eigenvalue weighted by Crippen LogP contribution is -2.38. The SMILES string of the molecule is CCC(C)c1ccc(O)c(C(=O)OC2(c3ccccc3)CCOCC2)c1. The molecule has 2 aromatic rings. The highest BCUT2D eigenvalue weighted by Crippen LogP contribution is 2.38. The molecule has 0 amide bonds. The number of hydrogen-bond donors (Lipinski definition) is 1. The summed E-state index contributed by atoms with van der Waals surface area (Å²) in [6, 6.07) is 15.0. The molecule has 4 heteroatoms. The van der Waals surface area contributed by atoms with Gasteiger partial charge in [0.2, 0.25) is 0 Å². The molecule has 1 fully saturated rings. The molecule has 4 nitrogen and oxygen atoms in total. The lowest BCUT2D eigenvalue weighted by Gasteiger charge is -2.37. The fraction of sp³-hybridized carbons (Fsp3) is 0.409. The Labute approximate surface area is 154 Å². The highest BCUT2D eigenvalue weighted by Gasteiger charge is 2.39. The van der Waals surface area contributed by atoms with Crippen molar-refractivity contribution in [2.24, 2.45) is 0 Å². The van der Waals surface area contributed by atoms with Crippen LogP contribution < -0.4 is 0 Å². The molecule has 0 aliphatic carbocycles. The summed E-state index contributed by atoms with van der Waals surface area (Å²) in [5, 5.41) is 10.2. The summed E-state index contributed by atoms with van der Waals surface area (Å²) in [4.78, 5) is 13.0. The van der Waals surface area contributed by atoms with Crippen LogP contribution in [0.4, 0.5) is 0 Å². The van der Waals surface area contributed by atoms with Gasteiger partial charge in [-0.15, -0.1) is 0 Å². The van der Waals surface area contributed by atoms with Crippen molar-refractivity contribution >= 4 is 5.97 Å². The maximum atomic E-state index is 13.0. The van der Waals surface area contributed by atoms with E-state index < -0.39 is 11.6 Å². The standard InChI is InChI=1S/C22H26O4/c1-3-16(2)17-9-10-20(23)19(15-17)21(24)26-22(11-13-25-14-12-22)18-7-5-4-6-8-18/h4-10,15-16,23H,3,11-14H2,1-2H3. The number of carbonyl (C=O) groups excluding carboxylic acids is 1. The second-order valence-electron chi connectivity index (χ2n) is 6.95. The third-order valence-corrected chi connectivity index (χ3v) is 5.31. The van der Waals surface area contributed by atoms with Gasteiger partial charge in [-0.1, -0.05) is 50.2 Å². The van der Waals surface area contributed by atoms with E-state index in [1.165, 1.54) is 0 Å². The Balaban J connectivity index is 1.92. The van der Waals surface area contributed by atoms with Gasteiger partial charge in [-0.25, -0.2) is 4.79 Å². The minimum absolute atomic E-state index is 0.0441. The molecule has 1 unspecified atom stereocenters. The molecule has 1 aliphatic heterocycles. The lowest BCUT2D eigenvalue weighted by atomic mass is 9.86. The first-order valence-electron chi connectivity index (χ1n) is 9.25. The fourth-order valence-electron chi connectivity index (χ4n) is 3.38. The quantitative estimate of drug-likeness (QED) is 0.786. The summed E-state index contributed by atoms with van der Waals surface area (Å²) in [6.45, 7) is 5.29. The van der Waals surface area contributed by atoms with Gasteiger partial charge in [0, 0.05) is 12.8 Å². The summed E-state index contributed by atoms with van der Waals surface area (Å²) < 4.78 is 11.5. The molecular formula is C22H26O4.